The molecule has 0 aliphatic heterocycles. The lowest BCUT2D eigenvalue weighted by Crippen LogP contribution is -1.99. The first-order chi connectivity index (χ1) is 17.4. The molecular formula is C28H25ClN4OS2. The Kier molecular flexibility index (Phi) is 10.0. The summed E-state index contributed by atoms with van der Waals surface area (Å²) in [5.41, 5.74) is 6.14. The lowest BCUT2D eigenvalue weighted by Gasteiger charge is -2.12. The molecule has 2 aromatic heterocycles. The van der Waals surface area contributed by atoms with Gasteiger partial charge in [0, 0.05) is 28.9 Å². The van der Waals surface area contributed by atoms with Crippen LogP contribution < -0.4 is 0 Å². The summed E-state index contributed by atoms with van der Waals surface area (Å²) in [5.74, 6) is 0.541. The second kappa shape index (κ2) is 13.2. The molecule has 36 heavy (non-hydrogen) atoms. The third kappa shape index (κ3) is 6.72. The average molecular weight is 533 g/mol. The van der Waals surface area contributed by atoms with Crippen LogP contribution in [0.3, 0.4) is 0 Å². The largest absolute Gasteiger partial charge is 0.396 e. The molecule has 5 nitrogen and oxygen atoms in total. The lowest BCUT2D eigenvalue weighted by atomic mass is 9.97. The summed E-state index contributed by atoms with van der Waals surface area (Å²) in [6, 6.07) is 20.3. The molecule has 4 rings (SSSR count). The number of hydrogen-bond donors (Lipinski definition) is 1. The highest BCUT2D eigenvalue weighted by molar-refractivity contribution is 7.98. The highest BCUT2D eigenvalue weighted by Gasteiger charge is 2.21. The molecule has 0 aliphatic carbocycles. The van der Waals surface area contributed by atoms with Crippen molar-refractivity contribution in [2.75, 3.05) is 6.61 Å². The van der Waals surface area contributed by atoms with Gasteiger partial charge >= 0.3 is 0 Å². The van der Waals surface area contributed by atoms with Gasteiger partial charge in [-0.1, -0.05) is 89.9 Å². The van der Waals surface area contributed by atoms with Gasteiger partial charge in [-0.3, -0.25) is 0 Å². The minimum atomic E-state index is 0.100. The summed E-state index contributed by atoms with van der Waals surface area (Å²) in [4.78, 5) is 9.10. The SMILES string of the molecule is CCCO.Cc1ccc(-c2nc(CSc3nc(Cl)c(C#N)c(-c4ccc(C)cc4)c3C#N)cs2)cc1. The van der Waals surface area contributed by atoms with Crippen LogP contribution in [0.5, 0.6) is 0 Å². The van der Waals surface area contributed by atoms with Crippen LogP contribution in [-0.2, 0) is 5.75 Å². The molecule has 0 atom stereocenters. The zero-order valence-corrected chi connectivity index (χ0v) is 22.6. The first-order valence-electron chi connectivity index (χ1n) is 11.3. The van der Waals surface area contributed by atoms with Gasteiger partial charge in [0.2, 0.25) is 0 Å². The van der Waals surface area contributed by atoms with E-state index in [2.05, 4.69) is 48.3 Å². The molecule has 0 radical (unpaired) electrons. The van der Waals surface area contributed by atoms with E-state index in [4.69, 9.17) is 21.7 Å². The van der Waals surface area contributed by atoms with E-state index < -0.39 is 0 Å². The summed E-state index contributed by atoms with van der Waals surface area (Å²) < 4.78 is 0. The Labute approximate surface area is 225 Å². The molecule has 2 aromatic carbocycles. The minimum Gasteiger partial charge on any atom is -0.396 e. The van der Waals surface area contributed by atoms with Crippen molar-refractivity contribution in [3.63, 3.8) is 0 Å². The van der Waals surface area contributed by atoms with Gasteiger partial charge in [-0.2, -0.15) is 10.5 Å². The van der Waals surface area contributed by atoms with E-state index >= 15 is 0 Å². The quantitative estimate of drug-likeness (QED) is 0.203. The predicted octanol–water partition coefficient (Wildman–Crippen LogP) is 7.57. The third-order valence-corrected chi connectivity index (χ3v) is 7.34. The van der Waals surface area contributed by atoms with E-state index in [1.54, 1.807) is 11.3 Å². The van der Waals surface area contributed by atoms with Crippen molar-refractivity contribution < 1.29 is 5.11 Å². The molecule has 0 amide bonds. The highest BCUT2D eigenvalue weighted by atomic mass is 35.5. The molecule has 0 fully saturated rings. The number of hydrogen-bond acceptors (Lipinski definition) is 7. The van der Waals surface area contributed by atoms with Gasteiger partial charge in [-0.05, 0) is 25.8 Å². The molecule has 182 valence electrons. The second-order valence-electron chi connectivity index (χ2n) is 7.94. The number of aryl methyl sites for hydroxylation is 2. The topological polar surface area (TPSA) is 93.6 Å². The molecule has 0 saturated carbocycles. The third-order valence-electron chi connectivity index (χ3n) is 5.11. The van der Waals surface area contributed by atoms with Crippen LogP contribution in [0.25, 0.3) is 21.7 Å². The minimum absolute atomic E-state index is 0.100. The summed E-state index contributed by atoms with van der Waals surface area (Å²) in [6.45, 7) is 6.29. The number of aliphatic hydroxyl groups is 1. The van der Waals surface area contributed by atoms with Crippen molar-refractivity contribution in [2.24, 2.45) is 0 Å². The summed E-state index contributed by atoms with van der Waals surface area (Å²) in [6.07, 6.45) is 0.875. The van der Waals surface area contributed by atoms with Crippen LogP contribution in [-0.4, -0.2) is 21.7 Å². The van der Waals surface area contributed by atoms with Gasteiger partial charge in [0.25, 0.3) is 0 Å². The molecule has 2 heterocycles. The van der Waals surface area contributed by atoms with E-state index in [1.807, 2.05) is 43.5 Å². The first-order valence-corrected chi connectivity index (χ1v) is 13.5. The number of thiazole rings is 1. The van der Waals surface area contributed by atoms with E-state index in [-0.39, 0.29) is 10.7 Å². The number of halogens is 1. The first kappa shape index (κ1) is 27.4. The predicted molar refractivity (Wildman–Crippen MR) is 148 cm³/mol. The number of aliphatic hydroxyl groups excluding tert-OH is 1. The fraction of sp³-hybridized carbons (Fsp3) is 0.214. The van der Waals surface area contributed by atoms with Crippen molar-refractivity contribution in [2.45, 2.75) is 38.0 Å². The number of nitriles is 2. The lowest BCUT2D eigenvalue weighted by molar-refractivity contribution is 0.295. The van der Waals surface area contributed by atoms with Crippen LogP contribution in [0.15, 0.2) is 58.9 Å². The number of aromatic nitrogens is 2. The Morgan fingerprint density at radius 1 is 0.917 bits per heavy atom. The zero-order chi connectivity index (χ0) is 26.1. The molecule has 0 aliphatic rings. The standard InChI is InChI=1S/C25H17ClN4S2.C3H8O/c1-15-3-7-17(8-4-15)22-20(11-27)23(26)30-25(21(22)12-28)32-14-19-13-31-24(29-19)18-9-5-16(2)6-10-18;1-2-3-4/h3-10,13H,14H2,1-2H3;4H,2-3H2,1H3. The molecule has 1 N–H and O–H groups in total. The second-order valence-corrected chi connectivity index (χ2v) is 10.1. The summed E-state index contributed by atoms with van der Waals surface area (Å²) in [7, 11) is 0. The van der Waals surface area contributed by atoms with Crippen LogP contribution in [0.2, 0.25) is 5.15 Å². The van der Waals surface area contributed by atoms with Gasteiger partial charge in [-0.15, -0.1) is 11.3 Å². The Balaban J connectivity index is 0.000000840. The van der Waals surface area contributed by atoms with Crippen molar-refractivity contribution in [3.8, 4) is 33.8 Å². The number of rotatable bonds is 6. The highest BCUT2D eigenvalue weighted by Crippen LogP contribution is 2.37. The molecule has 0 saturated heterocycles. The number of pyridine rings is 1. The zero-order valence-electron chi connectivity index (χ0n) is 20.2. The fourth-order valence-electron chi connectivity index (χ4n) is 3.20. The molecular weight excluding hydrogens is 508 g/mol. The van der Waals surface area contributed by atoms with Gasteiger partial charge < -0.3 is 5.11 Å². The maximum atomic E-state index is 9.93. The normalized spacial score (nSPS) is 10.2. The van der Waals surface area contributed by atoms with Gasteiger partial charge in [-0.25, -0.2) is 9.97 Å². The van der Waals surface area contributed by atoms with Crippen molar-refractivity contribution in [3.05, 3.63) is 87.0 Å². The Morgan fingerprint density at radius 2 is 1.47 bits per heavy atom. The van der Waals surface area contributed by atoms with Gasteiger partial charge in [0.05, 0.1) is 16.8 Å². The van der Waals surface area contributed by atoms with Crippen LogP contribution in [0.4, 0.5) is 0 Å². The van der Waals surface area contributed by atoms with Gasteiger partial charge in [0.1, 0.15) is 27.3 Å². The maximum Gasteiger partial charge on any atom is 0.148 e. The average Bonchev–Trinajstić information content (AvgIpc) is 3.37. The van der Waals surface area contributed by atoms with Crippen molar-refractivity contribution in [1.82, 2.24) is 9.97 Å². The van der Waals surface area contributed by atoms with Crippen LogP contribution >= 0.6 is 34.7 Å². The van der Waals surface area contributed by atoms with Crippen LogP contribution in [0, 0.1) is 36.5 Å². The Morgan fingerprint density at radius 3 is 2.00 bits per heavy atom. The molecule has 4 aromatic rings. The number of benzene rings is 2. The van der Waals surface area contributed by atoms with Gasteiger partial charge in [0.15, 0.2) is 0 Å². The molecule has 0 spiro atoms. The molecule has 8 heteroatoms. The molecule has 0 unspecified atom stereocenters. The Hall–Kier alpha value is -3.20. The number of thioether (sulfide) groups is 1. The Bertz CT molecular complexity index is 1400. The number of nitrogens with zero attached hydrogens (tertiary/aromatic N) is 4. The summed E-state index contributed by atoms with van der Waals surface area (Å²) in [5, 5.41) is 31.0. The fourth-order valence-corrected chi connectivity index (χ4v) is 5.28. The van der Waals surface area contributed by atoms with Crippen molar-refractivity contribution in [1.29, 1.82) is 10.5 Å². The van der Waals surface area contributed by atoms with Crippen molar-refractivity contribution >= 4 is 34.7 Å². The van der Waals surface area contributed by atoms with Crippen LogP contribution in [0.1, 0.15) is 41.3 Å². The van der Waals surface area contributed by atoms with E-state index in [1.165, 1.54) is 17.3 Å². The van der Waals surface area contributed by atoms with E-state index in [0.717, 1.165) is 33.8 Å². The maximum absolute atomic E-state index is 9.93. The van der Waals surface area contributed by atoms with E-state index in [0.29, 0.717) is 28.5 Å². The smallest absolute Gasteiger partial charge is 0.148 e. The monoisotopic (exact) mass is 532 g/mol. The van der Waals surface area contributed by atoms with E-state index in [9.17, 15) is 10.5 Å². The summed E-state index contributed by atoms with van der Waals surface area (Å²) >= 11 is 9.34. The molecule has 0 bridgehead atoms.